The number of nitrogens with zero attached hydrogens (tertiary/aromatic N) is 3. The van der Waals surface area contributed by atoms with Gasteiger partial charge in [-0.15, -0.1) is 0 Å². The van der Waals surface area contributed by atoms with Crippen molar-refractivity contribution in [2.75, 3.05) is 6.54 Å². The smallest absolute Gasteiger partial charge is 0.159 e. The Kier molecular flexibility index (Phi) is 4.81. The van der Waals surface area contributed by atoms with Gasteiger partial charge in [0.1, 0.15) is 5.75 Å². The number of hydrogen-bond acceptors (Lipinski definition) is 4. The van der Waals surface area contributed by atoms with Crippen LogP contribution in [0.2, 0.25) is 10.0 Å². The van der Waals surface area contributed by atoms with Gasteiger partial charge < -0.3 is 5.11 Å². The van der Waals surface area contributed by atoms with Gasteiger partial charge in [-0.05, 0) is 42.0 Å². The van der Waals surface area contributed by atoms with Crippen molar-refractivity contribution in [1.29, 1.82) is 0 Å². The summed E-state index contributed by atoms with van der Waals surface area (Å²) in [6.45, 7) is 2.42. The van der Waals surface area contributed by atoms with Gasteiger partial charge in [0.15, 0.2) is 5.82 Å². The summed E-state index contributed by atoms with van der Waals surface area (Å²) in [6.07, 6.45) is 2.78. The van der Waals surface area contributed by atoms with E-state index in [1.165, 1.54) is 0 Å². The monoisotopic (exact) mass is 385 g/mol. The van der Waals surface area contributed by atoms with Crippen molar-refractivity contribution in [2.24, 2.45) is 0 Å². The van der Waals surface area contributed by atoms with Crippen LogP contribution in [-0.2, 0) is 19.5 Å². The second-order valence-corrected chi connectivity index (χ2v) is 7.25. The molecule has 0 spiro atoms. The molecule has 2 aromatic carbocycles. The third kappa shape index (κ3) is 3.68. The van der Waals surface area contributed by atoms with Crippen LogP contribution in [-0.4, -0.2) is 26.5 Å². The zero-order valence-corrected chi connectivity index (χ0v) is 15.5. The first kappa shape index (κ1) is 17.3. The van der Waals surface area contributed by atoms with Crippen LogP contribution < -0.4 is 0 Å². The standard InChI is InChI=1S/C20H17Cl2N3O/c21-16-4-1-13(2-5-16)20-23-10-15-12-25(8-7-19(15)24-20)11-14-3-6-17(26)9-18(14)22/h1-6,9-10,26H,7-8,11-12H2. The SMILES string of the molecule is Oc1ccc(CN2CCc3nc(-c4ccc(Cl)cc4)ncc3C2)c(Cl)c1. The molecule has 0 bridgehead atoms. The molecule has 0 atom stereocenters. The van der Waals surface area contributed by atoms with E-state index in [4.69, 9.17) is 28.2 Å². The Balaban J connectivity index is 1.51. The lowest BCUT2D eigenvalue weighted by Crippen LogP contribution is -2.31. The van der Waals surface area contributed by atoms with Gasteiger partial charge >= 0.3 is 0 Å². The molecule has 0 unspecified atom stereocenters. The topological polar surface area (TPSA) is 49.2 Å². The molecule has 1 N–H and O–H groups in total. The minimum absolute atomic E-state index is 0.186. The zero-order chi connectivity index (χ0) is 18.1. The molecule has 26 heavy (non-hydrogen) atoms. The number of rotatable bonds is 3. The second-order valence-electron chi connectivity index (χ2n) is 6.41. The van der Waals surface area contributed by atoms with Crippen molar-refractivity contribution >= 4 is 23.2 Å². The number of fused-ring (bicyclic) bond motifs is 1. The molecule has 0 saturated carbocycles. The molecule has 1 aliphatic rings. The first-order valence-electron chi connectivity index (χ1n) is 8.39. The number of aromatic nitrogens is 2. The molecule has 3 aromatic rings. The van der Waals surface area contributed by atoms with E-state index in [9.17, 15) is 5.11 Å². The van der Waals surface area contributed by atoms with E-state index in [1.54, 1.807) is 12.1 Å². The molecule has 132 valence electrons. The first-order valence-corrected chi connectivity index (χ1v) is 9.14. The highest BCUT2D eigenvalue weighted by molar-refractivity contribution is 6.31. The lowest BCUT2D eigenvalue weighted by Gasteiger charge is -2.28. The Morgan fingerprint density at radius 1 is 1.08 bits per heavy atom. The van der Waals surface area contributed by atoms with E-state index in [0.29, 0.717) is 10.0 Å². The molecule has 4 rings (SSSR count). The van der Waals surface area contributed by atoms with Gasteiger partial charge in [0.2, 0.25) is 0 Å². The summed E-state index contributed by atoms with van der Waals surface area (Å²) in [5.41, 5.74) is 4.21. The number of aromatic hydroxyl groups is 1. The zero-order valence-electron chi connectivity index (χ0n) is 14.0. The fourth-order valence-electron chi connectivity index (χ4n) is 3.15. The second kappa shape index (κ2) is 7.23. The van der Waals surface area contributed by atoms with Gasteiger partial charge in [-0.2, -0.15) is 0 Å². The van der Waals surface area contributed by atoms with Gasteiger partial charge in [-0.25, -0.2) is 9.97 Å². The van der Waals surface area contributed by atoms with Crippen molar-refractivity contribution in [3.8, 4) is 17.1 Å². The number of benzene rings is 2. The van der Waals surface area contributed by atoms with Crippen LogP contribution in [0.1, 0.15) is 16.8 Å². The Hall–Kier alpha value is -2.14. The predicted molar refractivity (Wildman–Crippen MR) is 103 cm³/mol. The molecule has 4 nitrogen and oxygen atoms in total. The number of halogens is 2. The highest BCUT2D eigenvalue weighted by atomic mass is 35.5. The minimum Gasteiger partial charge on any atom is -0.508 e. The maximum Gasteiger partial charge on any atom is 0.159 e. The van der Waals surface area contributed by atoms with Crippen LogP contribution in [0.15, 0.2) is 48.7 Å². The normalized spacial score (nSPS) is 14.2. The van der Waals surface area contributed by atoms with E-state index in [0.717, 1.165) is 54.3 Å². The van der Waals surface area contributed by atoms with E-state index < -0.39 is 0 Å². The van der Waals surface area contributed by atoms with Gasteiger partial charge in [0.05, 0.1) is 5.69 Å². The molecule has 0 saturated heterocycles. The van der Waals surface area contributed by atoms with Gasteiger partial charge in [0.25, 0.3) is 0 Å². The van der Waals surface area contributed by atoms with Crippen LogP contribution in [0, 0.1) is 0 Å². The summed E-state index contributed by atoms with van der Waals surface area (Å²) in [5.74, 6) is 0.918. The molecule has 0 radical (unpaired) electrons. The summed E-state index contributed by atoms with van der Waals surface area (Å²) in [6, 6.07) is 12.7. The van der Waals surface area contributed by atoms with Crippen molar-refractivity contribution in [1.82, 2.24) is 14.9 Å². The molecule has 0 amide bonds. The van der Waals surface area contributed by atoms with Crippen molar-refractivity contribution < 1.29 is 5.11 Å². The summed E-state index contributed by atoms with van der Waals surface area (Å²) in [4.78, 5) is 11.6. The third-order valence-corrected chi connectivity index (χ3v) is 5.15. The first-order chi connectivity index (χ1) is 12.6. The summed E-state index contributed by atoms with van der Waals surface area (Å²) in [7, 11) is 0. The quantitative estimate of drug-likeness (QED) is 0.708. The Labute approximate surface area is 162 Å². The molecule has 1 aromatic heterocycles. The third-order valence-electron chi connectivity index (χ3n) is 4.55. The lowest BCUT2D eigenvalue weighted by atomic mass is 10.1. The van der Waals surface area contributed by atoms with Crippen LogP contribution >= 0.6 is 23.2 Å². The summed E-state index contributed by atoms with van der Waals surface area (Å²) < 4.78 is 0. The maximum atomic E-state index is 9.49. The molecule has 0 fully saturated rings. The van der Waals surface area contributed by atoms with Crippen LogP contribution in [0.5, 0.6) is 5.75 Å². The average molecular weight is 386 g/mol. The highest BCUT2D eigenvalue weighted by Gasteiger charge is 2.19. The largest absolute Gasteiger partial charge is 0.508 e. The maximum absolute atomic E-state index is 9.49. The van der Waals surface area contributed by atoms with Gasteiger partial charge in [0, 0.05) is 53.4 Å². The Morgan fingerprint density at radius 3 is 2.65 bits per heavy atom. The van der Waals surface area contributed by atoms with E-state index >= 15 is 0 Å². The molecule has 1 aliphatic heterocycles. The van der Waals surface area contributed by atoms with E-state index in [2.05, 4.69) is 9.88 Å². The van der Waals surface area contributed by atoms with Gasteiger partial charge in [-0.1, -0.05) is 29.3 Å². The van der Waals surface area contributed by atoms with Crippen molar-refractivity contribution in [3.63, 3.8) is 0 Å². The van der Waals surface area contributed by atoms with Crippen LogP contribution in [0.4, 0.5) is 0 Å². The molecule has 6 heteroatoms. The predicted octanol–water partition coefficient (Wildman–Crippen LogP) is 4.71. The minimum atomic E-state index is 0.186. The molecular weight excluding hydrogens is 369 g/mol. The summed E-state index contributed by atoms with van der Waals surface area (Å²) in [5, 5.41) is 10.8. The molecule has 0 aliphatic carbocycles. The molecule has 2 heterocycles. The number of phenolic OH excluding ortho intramolecular Hbond substituents is 1. The van der Waals surface area contributed by atoms with Crippen LogP contribution in [0.3, 0.4) is 0 Å². The fraction of sp³-hybridized carbons (Fsp3) is 0.200. The number of hydrogen-bond donors (Lipinski definition) is 1. The Bertz CT molecular complexity index is 944. The highest BCUT2D eigenvalue weighted by Crippen LogP contribution is 2.26. The fourth-order valence-corrected chi connectivity index (χ4v) is 3.51. The molecular formula is C20H17Cl2N3O. The van der Waals surface area contributed by atoms with Crippen molar-refractivity contribution in [2.45, 2.75) is 19.5 Å². The van der Waals surface area contributed by atoms with Crippen molar-refractivity contribution in [3.05, 3.63) is 75.5 Å². The van der Waals surface area contributed by atoms with E-state index in [-0.39, 0.29) is 5.75 Å². The van der Waals surface area contributed by atoms with Gasteiger partial charge in [-0.3, -0.25) is 4.90 Å². The summed E-state index contributed by atoms with van der Waals surface area (Å²) >= 11 is 12.2. The van der Waals surface area contributed by atoms with Crippen LogP contribution in [0.25, 0.3) is 11.4 Å². The number of phenols is 1. The average Bonchev–Trinajstić information content (AvgIpc) is 2.64. The lowest BCUT2D eigenvalue weighted by molar-refractivity contribution is 0.243. The van der Waals surface area contributed by atoms with E-state index in [1.807, 2.05) is 36.5 Å². The Morgan fingerprint density at radius 2 is 1.88 bits per heavy atom.